The molecule has 2 N–H and O–H groups in total. The lowest BCUT2D eigenvalue weighted by atomic mass is 10.2. The molecule has 1 aliphatic rings. The summed E-state index contributed by atoms with van der Waals surface area (Å²) in [6.07, 6.45) is 7.94. The van der Waals surface area contributed by atoms with E-state index in [2.05, 4.69) is 15.6 Å². The molecule has 1 heterocycles. The molecule has 1 aliphatic carbocycles. The maximum atomic E-state index is 11.6. The molecule has 0 saturated heterocycles. The molecule has 4 nitrogen and oxygen atoms in total. The number of nitrogens with zero attached hydrogens (tertiary/aromatic N) is 1. The van der Waals surface area contributed by atoms with Gasteiger partial charge in [0.2, 0.25) is 0 Å². The number of aromatic nitrogens is 1. The molecule has 1 aromatic rings. The van der Waals surface area contributed by atoms with Crippen LogP contribution in [0.5, 0.6) is 0 Å². The monoisotopic (exact) mass is 251 g/mol. The fourth-order valence-corrected chi connectivity index (χ4v) is 1.95. The molecule has 0 unspecified atom stereocenters. The predicted molar refractivity (Wildman–Crippen MR) is 68.0 cm³/mol. The molecule has 0 radical (unpaired) electrons. The average Bonchev–Trinajstić information content (AvgIpc) is 2.82. The molecule has 5 heteroatoms. The molecule has 2 rings (SSSR count). The van der Waals surface area contributed by atoms with Gasteiger partial charge in [-0.25, -0.2) is 9.78 Å². The van der Waals surface area contributed by atoms with Crippen LogP contribution in [-0.4, -0.2) is 11.0 Å². The Morgan fingerprint density at radius 3 is 2.88 bits per heavy atom. The van der Waals surface area contributed by atoms with Gasteiger partial charge in [0.05, 0.1) is 5.69 Å². The molecule has 0 aromatic carbocycles. The Bertz CT molecular complexity index is 437. The number of nitrogens with one attached hydrogen (secondary N) is 2. The Balaban J connectivity index is 1.89. The van der Waals surface area contributed by atoms with Crippen molar-refractivity contribution in [3.8, 4) is 0 Å². The largest absolute Gasteiger partial charge is 0.323 e. The van der Waals surface area contributed by atoms with Crippen molar-refractivity contribution in [3.05, 3.63) is 35.3 Å². The van der Waals surface area contributed by atoms with Gasteiger partial charge < -0.3 is 10.6 Å². The van der Waals surface area contributed by atoms with Crippen molar-refractivity contribution in [2.75, 3.05) is 5.32 Å². The molecule has 1 fully saturated rings. The van der Waals surface area contributed by atoms with E-state index in [0.717, 1.165) is 12.8 Å². The SMILES string of the molecule is O=C(NC=C1CCCC1)Nc1cccnc1Cl. The number of hydrogen-bond donors (Lipinski definition) is 2. The van der Waals surface area contributed by atoms with Gasteiger partial charge in [0.1, 0.15) is 0 Å². The van der Waals surface area contributed by atoms with Gasteiger partial charge in [-0.15, -0.1) is 0 Å². The number of pyridine rings is 1. The molecule has 1 saturated carbocycles. The van der Waals surface area contributed by atoms with Crippen LogP contribution >= 0.6 is 11.6 Å². The van der Waals surface area contributed by atoms with E-state index >= 15 is 0 Å². The lowest BCUT2D eigenvalue weighted by Gasteiger charge is -2.06. The molecular weight excluding hydrogens is 238 g/mol. The van der Waals surface area contributed by atoms with Crippen molar-refractivity contribution < 1.29 is 4.79 Å². The van der Waals surface area contributed by atoms with Crippen LogP contribution in [0.15, 0.2) is 30.1 Å². The third-order valence-corrected chi connectivity index (χ3v) is 2.96. The standard InChI is InChI=1S/C12H14ClN3O/c13-11-10(6-3-7-14-11)16-12(17)15-8-9-4-1-2-5-9/h3,6-8H,1-2,4-5H2,(H2,15,16,17). The highest BCUT2D eigenvalue weighted by atomic mass is 35.5. The summed E-state index contributed by atoms with van der Waals surface area (Å²) in [5.41, 5.74) is 1.80. The van der Waals surface area contributed by atoms with E-state index in [1.54, 1.807) is 24.5 Å². The van der Waals surface area contributed by atoms with Gasteiger partial charge in [0.25, 0.3) is 0 Å². The highest BCUT2D eigenvalue weighted by molar-refractivity contribution is 6.32. The molecule has 0 bridgehead atoms. The Morgan fingerprint density at radius 1 is 1.41 bits per heavy atom. The van der Waals surface area contributed by atoms with Gasteiger partial charge in [0, 0.05) is 12.4 Å². The number of hydrogen-bond acceptors (Lipinski definition) is 2. The highest BCUT2D eigenvalue weighted by Crippen LogP contribution is 2.22. The van der Waals surface area contributed by atoms with E-state index in [4.69, 9.17) is 11.6 Å². The maximum absolute atomic E-state index is 11.6. The average molecular weight is 252 g/mol. The third kappa shape index (κ3) is 3.46. The van der Waals surface area contributed by atoms with Crippen LogP contribution in [-0.2, 0) is 0 Å². The van der Waals surface area contributed by atoms with Gasteiger partial charge >= 0.3 is 6.03 Å². The van der Waals surface area contributed by atoms with Crippen molar-refractivity contribution in [2.45, 2.75) is 25.7 Å². The Labute approximate surface area is 105 Å². The lowest BCUT2D eigenvalue weighted by molar-refractivity contribution is 0.255. The topological polar surface area (TPSA) is 54.0 Å². The lowest BCUT2D eigenvalue weighted by Crippen LogP contribution is -2.24. The van der Waals surface area contributed by atoms with E-state index in [9.17, 15) is 4.79 Å². The second-order valence-corrected chi connectivity index (χ2v) is 4.31. The van der Waals surface area contributed by atoms with Gasteiger partial charge in [-0.1, -0.05) is 17.2 Å². The second-order valence-electron chi connectivity index (χ2n) is 3.95. The number of urea groups is 1. The summed E-state index contributed by atoms with van der Waals surface area (Å²) in [4.78, 5) is 15.4. The fourth-order valence-electron chi connectivity index (χ4n) is 1.78. The molecular formula is C12H14ClN3O. The summed E-state index contributed by atoms with van der Waals surface area (Å²) in [7, 11) is 0. The second kappa shape index (κ2) is 5.68. The van der Waals surface area contributed by atoms with Crippen molar-refractivity contribution >= 4 is 23.3 Å². The summed E-state index contributed by atoms with van der Waals surface area (Å²) < 4.78 is 0. The first kappa shape index (κ1) is 11.9. The summed E-state index contributed by atoms with van der Waals surface area (Å²) >= 11 is 5.83. The Kier molecular flexibility index (Phi) is 3.98. The van der Waals surface area contributed by atoms with Crippen LogP contribution in [0.25, 0.3) is 0 Å². The summed E-state index contributed by atoms with van der Waals surface area (Å²) in [5.74, 6) is 0. The van der Waals surface area contributed by atoms with E-state index in [1.165, 1.54) is 18.4 Å². The first-order valence-corrected chi connectivity index (χ1v) is 5.99. The van der Waals surface area contributed by atoms with Crippen molar-refractivity contribution in [1.82, 2.24) is 10.3 Å². The number of amides is 2. The number of anilines is 1. The van der Waals surface area contributed by atoms with Crippen molar-refractivity contribution in [3.63, 3.8) is 0 Å². The third-order valence-electron chi connectivity index (χ3n) is 2.66. The minimum atomic E-state index is -0.292. The van der Waals surface area contributed by atoms with Crippen molar-refractivity contribution in [2.24, 2.45) is 0 Å². The van der Waals surface area contributed by atoms with E-state index < -0.39 is 0 Å². The van der Waals surface area contributed by atoms with E-state index in [0.29, 0.717) is 5.69 Å². The molecule has 0 spiro atoms. The Hall–Kier alpha value is -1.55. The van der Waals surface area contributed by atoms with E-state index in [-0.39, 0.29) is 11.2 Å². The maximum Gasteiger partial charge on any atom is 0.323 e. The van der Waals surface area contributed by atoms with Crippen LogP contribution < -0.4 is 10.6 Å². The zero-order valence-electron chi connectivity index (χ0n) is 9.37. The molecule has 0 aliphatic heterocycles. The number of halogens is 1. The van der Waals surface area contributed by atoms with E-state index in [1.807, 2.05) is 0 Å². The van der Waals surface area contributed by atoms with Crippen LogP contribution in [0.3, 0.4) is 0 Å². The summed E-state index contributed by atoms with van der Waals surface area (Å²) in [6, 6.07) is 3.13. The summed E-state index contributed by atoms with van der Waals surface area (Å²) in [5, 5.41) is 5.63. The molecule has 0 atom stereocenters. The first-order chi connectivity index (χ1) is 8.25. The predicted octanol–water partition coefficient (Wildman–Crippen LogP) is 3.31. The molecule has 1 aromatic heterocycles. The Morgan fingerprint density at radius 2 is 2.18 bits per heavy atom. The van der Waals surface area contributed by atoms with Crippen molar-refractivity contribution in [1.29, 1.82) is 0 Å². The molecule has 2 amide bonds. The van der Waals surface area contributed by atoms with Crippen LogP contribution in [0.2, 0.25) is 5.15 Å². The number of carbonyl (C=O) groups excluding carboxylic acids is 1. The minimum absolute atomic E-state index is 0.288. The van der Waals surface area contributed by atoms with Gasteiger partial charge in [-0.2, -0.15) is 0 Å². The first-order valence-electron chi connectivity index (χ1n) is 5.61. The van der Waals surface area contributed by atoms with Gasteiger partial charge in [-0.05, 0) is 37.8 Å². The van der Waals surface area contributed by atoms with Crippen LogP contribution in [0, 0.1) is 0 Å². The van der Waals surface area contributed by atoms with Crippen LogP contribution in [0.4, 0.5) is 10.5 Å². The summed E-state index contributed by atoms with van der Waals surface area (Å²) in [6.45, 7) is 0. The minimum Gasteiger partial charge on any atom is -0.314 e. The fraction of sp³-hybridized carbons (Fsp3) is 0.333. The molecule has 90 valence electrons. The van der Waals surface area contributed by atoms with Gasteiger partial charge in [0.15, 0.2) is 5.15 Å². The zero-order valence-corrected chi connectivity index (χ0v) is 10.1. The molecule has 17 heavy (non-hydrogen) atoms. The number of carbonyl (C=O) groups is 1. The highest BCUT2D eigenvalue weighted by Gasteiger charge is 2.08. The zero-order chi connectivity index (χ0) is 12.1. The normalized spacial score (nSPS) is 14.5. The smallest absolute Gasteiger partial charge is 0.314 e. The number of allylic oxidation sites excluding steroid dienone is 1. The number of rotatable bonds is 2. The van der Waals surface area contributed by atoms with Crippen LogP contribution in [0.1, 0.15) is 25.7 Å². The van der Waals surface area contributed by atoms with Gasteiger partial charge in [-0.3, -0.25) is 0 Å². The quantitative estimate of drug-likeness (QED) is 0.793.